The Morgan fingerprint density at radius 3 is 2.55 bits per heavy atom. The summed E-state index contributed by atoms with van der Waals surface area (Å²) in [5.41, 5.74) is 7.81. The van der Waals surface area contributed by atoms with E-state index in [-0.39, 0.29) is 0 Å². The lowest BCUT2D eigenvalue weighted by molar-refractivity contribution is -0.118. The molecule has 0 saturated carbocycles. The summed E-state index contributed by atoms with van der Waals surface area (Å²) in [7, 11) is 1.57. The summed E-state index contributed by atoms with van der Waals surface area (Å²) in [5.74, 6) is -0.464. The van der Waals surface area contributed by atoms with Crippen LogP contribution in [-0.4, -0.2) is 18.0 Å². The number of carbonyl (C=O) groups is 1. The number of nitrogens with zero attached hydrogens (tertiary/aromatic N) is 1. The van der Waals surface area contributed by atoms with Crippen LogP contribution < -0.4 is 10.5 Å². The SMILES string of the molecule is COc1ccccc1C(C(N)=O)c1ccc2ccccc2n1. The van der Waals surface area contributed by atoms with Gasteiger partial charge in [0.25, 0.3) is 0 Å². The van der Waals surface area contributed by atoms with Gasteiger partial charge in [0.2, 0.25) is 5.91 Å². The molecule has 110 valence electrons. The molecule has 0 saturated heterocycles. The molecule has 4 heteroatoms. The van der Waals surface area contributed by atoms with Gasteiger partial charge in [-0.25, -0.2) is 0 Å². The Bertz CT molecular complexity index is 830. The number of benzene rings is 2. The second-order valence-corrected chi connectivity index (χ2v) is 5.01. The molecule has 0 aliphatic heterocycles. The topological polar surface area (TPSA) is 65.2 Å². The van der Waals surface area contributed by atoms with Crippen molar-refractivity contribution in [2.75, 3.05) is 7.11 Å². The standard InChI is InChI=1S/C18H16N2O2/c1-22-16-9-5-3-7-13(16)17(18(19)21)15-11-10-12-6-2-4-8-14(12)20-15/h2-11,17H,1H3,(H2,19,21). The van der Waals surface area contributed by atoms with Gasteiger partial charge in [-0.2, -0.15) is 0 Å². The first-order chi connectivity index (χ1) is 10.7. The number of primary amides is 1. The molecule has 1 amide bonds. The maximum atomic E-state index is 12.0. The molecule has 1 atom stereocenters. The number of methoxy groups -OCH3 is 1. The van der Waals surface area contributed by atoms with Crippen molar-refractivity contribution in [1.29, 1.82) is 0 Å². The molecule has 1 aromatic heterocycles. The van der Waals surface area contributed by atoms with Gasteiger partial charge in [0.1, 0.15) is 11.7 Å². The van der Waals surface area contributed by atoms with Crippen LogP contribution in [0, 0.1) is 0 Å². The third-order valence-electron chi connectivity index (χ3n) is 3.65. The van der Waals surface area contributed by atoms with Crippen LogP contribution in [0.3, 0.4) is 0 Å². The highest BCUT2D eigenvalue weighted by molar-refractivity contribution is 5.87. The van der Waals surface area contributed by atoms with Crippen LogP contribution in [0.15, 0.2) is 60.7 Å². The number of nitrogens with two attached hydrogens (primary N) is 1. The van der Waals surface area contributed by atoms with Crippen molar-refractivity contribution < 1.29 is 9.53 Å². The van der Waals surface area contributed by atoms with E-state index in [1.54, 1.807) is 7.11 Å². The summed E-state index contributed by atoms with van der Waals surface area (Å²) in [5, 5.41) is 1.02. The molecule has 0 spiro atoms. The summed E-state index contributed by atoms with van der Waals surface area (Å²) in [6.45, 7) is 0. The number of para-hydroxylation sites is 2. The first kappa shape index (κ1) is 14.1. The predicted molar refractivity (Wildman–Crippen MR) is 85.8 cm³/mol. The number of carbonyl (C=O) groups excluding carboxylic acids is 1. The van der Waals surface area contributed by atoms with Crippen LogP contribution >= 0.6 is 0 Å². The maximum absolute atomic E-state index is 12.0. The Labute approximate surface area is 128 Å². The number of fused-ring (bicyclic) bond motifs is 1. The number of ether oxygens (including phenoxy) is 1. The van der Waals surface area contributed by atoms with Gasteiger partial charge in [-0.15, -0.1) is 0 Å². The highest BCUT2D eigenvalue weighted by Crippen LogP contribution is 2.31. The van der Waals surface area contributed by atoms with E-state index in [1.807, 2.05) is 60.7 Å². The lowest BCUT2D eigenvalue weighted by Crippen LogP contribution is -2.23. The summed E-state index contributed by atoms with van der Waals surface area (Å²) in [6, 6.07) is 18.9. The number of pyridine rings is 1. The zero-order chi connectivity index (χ0) is 15.5. The van der Waals surface area contributed by atoms with E-state index in [2.05, 4.69) is 4.98 Å². The van der Waals surface area contributed by atoms with Gasteiger partial charge in [0.15, 0.2) is 0 Å². The van der Waals surface area contributed by atoms with E-state index in [0.29, 0.717) is 11.4 Å². The fourth-order valence-electron chi connectivity index (χ4n) is 2.61. The second kappa shape index (κ2) is 5.85. The Balaban J connectivity index is 2.16. The molecule has 0 fully saturated rings. The van der Waals surface area contributed by atoms with Crippen LogP contribution in [0.25, 0.3) is 10.9 Å². The fourth-order valence-corrected chi connectivity index (χ4v) is 2.61. The Morgan fingerprint density at radius 2 is 1.77 bits per heavy atom. The molecule has 0 aliphatic carbocycles. The minimum Gasteiger partial charge on any atom is -0.496 e. The van der Waals surface area contributed by atoms with Gasteiger partial charge in [-0.05, 0) is 18.2 Å². The quantitative estimate of drug-likeness (QED) is 0.804. The van der Waals surface area contributed by atoms with E-state index in [1.165, 1.54) is 0 Å². The number of aromatic nitrogens is 1. The van der Waals surface area contributed by atoms with Crippen molar-refractivity contribution in [3.8, 4) is 5.75 Å². The average molecular weight is 292 g/mol. The van der Waals surface area contributed by atoms with Gasteiger partial charge in [0, 0.05) is 10.9 Å². The maximum Gasteiger partial charge on any atom is 0.231 e. The zero-order valence-corrected chi connectivity index (χ0v) is 12.2. The molecule has 0 radical (unpaired) electrons. The minimum absolute atomic E-state index is 0.452. The molecule has 3 rings (SSSR count). The molecule has 0 aliphatic rings. The first-order valence-electron chi connectivity index (χ1n) is 6.98. The Hall–Kier alpha value is -2.88. The van der Waals surface area contributed by atoms with E-state index < -0.39 is 11.8 Å². The van der Waals surface area contributed by atoms with E-state index >= 15 is 0 Å². The minimum atomic E-state index is -0.638. The molecular formula is C18H16N2O2. The number of hydrogen-bond donors (Lipinski definition) is 1. The highest BCUT2D eigenvalue weighted by Gasteiger charge is 2.25. The van der Waals surface area contributed by atoms with Crippen molar-refractivity contribution in [1.82, 2.24) is 4.98 Å². The molecular weight excluding hydrogens is 276 g/mol. The van der Waals surface area contributed by atoms with E-state index in [4.69, 9.17) is 10.5 Å². The summed E-state index contributed by atoms with van der Waals surface area (Å²) in [4.78, 5) is 16.6. The number of amides is 1. The summed E-state index contributed by atoms with van der Waals surface area (Å²) in [6.07, 6.45) is 0. The number of hydrogen-bond acceptors (Lipinski definition) is 3. The zero-order valence-electron chi connectivity index (χ0n) is 12.2. The molecule has 4 nitrogen and oxygen atoms in total. The van der Waals surface area contributed by atoms with E-state index in [0.717, 1.165) is 16.5 Å². The van der Waals surface area contributed by atoms with Gasteiger partial charge in [-0.1, -0.05) is 42.5 Å². The molecule has 3 aromatic rings. The van der Waals surface area contributed by atoms with Crippen LogP contribution in [0.5, 0.6) is 5.75 Å². The number of rotatable bonds is 4. The van der Waals surface area contributed by atoms with Crippen molar-refractivity contribution in [2.45, 2.75) is 5.92 Å². The molecule has 22 heavy (non-hydrogen) atoms. The summed E-state index contributed by atoms with van der Waals surface area (Å²) >= 11 is 0. The predicted octanol–water partition coefficient (Wildman–Crippen LogP) is 2.86. The third kappa shape index (κ3) is 2.51. The monoisotopic (exact) mass is 292 g/mol. The van der Waals surface area contributed by atoms with Crippen LogP contribution in [0.2, 0.25) is 0 Å². The van der Waals surface area contributed by atoms with Gasteiger partial charge >= 0.3 is 0 Å². The van der Waals surface area contributed by atoms with Crippen molar-refractivity contribution in [2.24, 2.45) is 5.73 Å². The van der Waals surface area contributed by atoms with Crippen molar-refractivity contribution in [3.05, 3.63) is 71.9 Å². The van der Waals surface area contributed by atoms with Crippen LogP contribution in [0.1, 0.15) is 17.2 Å². The normalized spacial score (nSPS) is 12.0. The summed E-state index contributed by atoms with van der Waals surface area (Å²) < 4.78 is 5.35. The first-order valence-corrected chi connectivity index (χ1v) is 6.98. The molecule has 1 unspecified atom stereocenters. The lowest BCUT2D eigenvalue weighted by atomic mass is 9.93. The molecule has 2 N–H and O–H groups in total. The van der Waals surface area contributed by atoms with Gasteiger partial charge in [0.05, 0.1) is 18.3 Å². The second-order valence-electron chi connectivity index (χ2n) is 5.01. The Morgan fingerprint density at radius 1 is 1.05 bits per heavy atom. The van der Waals surface area contributed by atoms with Gasteiger partial charge in [-0.3, -0.25) is 9.78 Å². The molecule has 0 bridgehead atoms. The lowest BCUT2D eigenvalue weighted by Gasteiger charge is -2.17. The van der Waals surface area contributed by atoms with Crippen LogP contribution in [-0.2, 0) is 4.79 Å². The van der Waals surface area contributed by atoms with Gasteiger partial charge < -0.3 is 10.5 Å². The molecule has 2 aromatic carbocycles. The fraction of sp³-hybridized carbons (Fsp3) is 0.111. The highest BCUT2D eigenvalue weighted by atomic mass is 16.5. The molecule has 1 heterocycles. The largest absolute Gasteiger partial charge is 0.496 e. The van der Waals surface area contributed by atoms with Crippen LogP contribution in [0.4, 0.5) is 0 Å². The third-order valence-corrected chi connectivity index (χ3v) is 3.65. The Kier molecular flexibility index (Phi) is 3.74. The van der Waals surface area contributed by atoms with Crippen molar-refractivity contribution >= 4 is 16.8 Å². The van der Waals surface area contributed by atoms with Crippen molar-refractivity contribution in [3.63, 3.8) is 0 Å². The smallest absolute Gasteiger partial charge is 0.231 e. The van der Waals surface area contributed by atoms with E-state index in [9.17, 15) is 4.79 Å². The average Bonchev–Trinajstić information content (AvgIpc) is 2.55.